The number of anilines is 1. The normalized spacial score (nSPS) is 17.3. The Labute approximate surface area is 132 Å². The van der Waals surface area contributed by atoms with Crippen LogP contribution in [0.25, 0.3) is 0 Å². The molecule has 0 radical (unpaired) electrons. The van der Waals surface area contributed by atoms with Gasteiger partial charge in [0.05, 0.1) is 0 Å². The number of hydrogen-bond donors (Lipinski definition) is 2. The van der Waals surface area contributed by atoms with Gasteiger partial charge in [0.1, 0.15) is 0 Å². The average Bonchev–Trinajstić information content (AvgIpc) is 3.02. The summed E-state index contributed by atoms with van der Waals surface area (Å²) in [6.07, 6.45) is 2.70. The maximum atomic E-state index is 12.2. The number of hydrogen-bond acceptors (Lipinski definition) is 3. The number of amides is 2. The lowest BCUT2D eigenvalue weighted by molar-refractivity contribution is -0.116. The lowest BCUT2D eigenvalue weighted by atomic mass is 10.1. The molecule has 0 aliphatic carbocycles. The first-order valence-electron chi connectivity index (χ1n) is 8.06. The van der Waals surface area contributed by atoms with Crippen LogP contribution < -0.4 is 10.6 Å². The van der Waals surface area contributed by atoms with Crippen LogP contribution in [0.1, 0.15) is 43.5 Å². The van der Waals surface area contributed by atoms with Crippen molar-refractivity contribution in [2.75, 3.05) is 25.0 Å². The Balaban J connectivity index is 1.90. The van der Waals surface area contributed by atoms with Crippen molar-refractivity contribution >= 4 is 17.5 Å². The van der Waals surface area contributed by atoms with Crippen LogP contribution in [0.3, 0.4) is 0 Å². The molecule has 1 aromatic carbocycles. The van der Waals surface area contributed by atoms with Crippen molar-refractivity contribution in [1.82, 2.24) is 10.2 Å². The molecule has 2 N–H and O–H groups in total. The number of rotatable bonds is 6. The summed E-state index contributed by atoms with van der Waals surface area (Å²) in [5.41, 5.74) is 1.39. The molecule has 0 spiro atoms. The molecular formula is C17H25N3O2. The summed E-state index contributed by atoms with van der Waals surface area (Å²) < 4.78 is 0. The summed E-state index contributed by atoms with van der Waals surface area (Å²) in [5, 5.41) is 6.20. The van der Waals surface area contributed by atoms with Gasteiger partial charge in [-0.25, -0.2) is 0 Å². The van der Waals surface area contributed by atoms with E-state index in [1.807, 2.05) is 13.8 Å². The molecule has 0 aromatic heterocycles. The highest BCUT2D eigenvalue weighted by atomic mass is 16.2. The van der Waals surface area contributed by atoms with Gasteiger partial charge in [-0.2, -0.15) is 0 Å². The molecule has 0 saturated carbocycles. The van der Waals surface area contributed by atoms with Gasteiger partial charge in [-0.05, 0) is 57.5 Å². The van der Waals surface area contributed by atoms with Crippen molar-refractivity contribution in [1.29, 1.82) is 0 Å². The van der Waals surface area contributed by atoms with E-state index < -0.39 is 0 Å². The van der Waals surface area contributed by atoms with E-state index in [-0.39, 0.29) is 11.8 Å². The van der Waals surface area contributed by atoms with Crippen molar-refractivity contribution in [2.24, 2.45) is 0 Å². The smallest absolute Gasteiger partial charge is 0.253 e. The predicted octanol–water partition coefficient (Wildman–Crippen LogP) is 2.25. The molecular weight excluding hydrogens is 278 g/mol. The molecule has 22 heavy (non-hydrogen) atoms. The van der Waals surface area contributed by atoms with E-state index in [1.54, 1.807) is 29.2 Å². The second-order valence-corrected chi connectivity index (χ2v) is 5.60. The fourth-order valence-electron chi connectivity index (χ4n) is 2.76. The molecule has 5 nitrogen and oxygen atoms in total. The third kappa shape index (κ3) is 4.31. The summed E-state index contributed by atoms with van der Waals surface area (Å²) in [4.78, 5) is 25.9. The molecule has 0 bridgehead atoms. The van der Waals surface area contributed by atoms with Crippen LogP contribution in [-0.4, -0.2) is 42.4 Å². The van der Waals surface area contributed by atoms with Crippen molar-refractivity contribution in [2.45, 2.75) is 39.2 Å². The van der Waals surface area contributed by atoms with Gasteiger partial charge < -0.3 is 15.5 Å². The zero-order valence-electron chi connectivity index (χ0n) is 13.4. The van der Waals surface area contributed by atoms with Gasteiger partial charge in [0.2, 0.25) is 5.91 Å². The van der Waals surface area contributed by atoms with Gasteiger partial charge in [-0.15, -0.1) is 0 Å². The minimum Gasteiger partial charge on any atom is -0.339 e. The van der Waals surface area contributed by atoms with Gasteiger partial charge >= 0.3 is 0 Å². The molecule has 1 fully saturated rings. The Hall–Kier alpha value is -1.88. The number of benzene rings is 1. The van der Waals surface area contributed by atoms with Crippen LogP contribution in [0.5, 0.6) is 0 Å². The van der Waals surface area contributed by atoms with Crippen molar-refractivity contribution in [3.63, 3.8) is 0 Å². The average molecular weight is 303 g/mol. The molecule has 5 heteroatoms. The lowest BCUT2D eigenvalue weighted by Gasteiger charge is -2.18. The Kier molecular flexibility index (Phi) is 5.95. The van der Waals surface area contributed by atoms with Gasteiger partial charge in [0, 0.05) is 36.8 Å². The van der Waals surface area contributed by atoms with Gasteiger partial charge in [0.25, 0.3) is 5.91 Å². The van der Waals surface area contributed by atoms with Crippen molar-refractivity contribution in [3.05, 3.63) is 29.8 Å². The van der Waals surface area contributed by atoms with Crippen LogP contribution in [0.2, 0.25) is 0 Å². The Bertz CT molecular complexity index is 503. The number of nitrogens with zero attached hydrogens (tertiary/aromatic N) is 1. The zero-order chi connectivity index (χ0) is 15.9. The summed E-state index contributed by atoms with van der Waals surface area (Å²) in [6.45, 7) is 6.32. The minimum atomic E-state index is 0.0159. The van der Waals surface area contributed by atoms with Crippen LogP contribution in [-0.2, 0) is 4.79 Å². The van der Waals surface area contributed by atoms with E-state index in [9.17, 15) is 9.59 Å². The van der Waals surface area contributed by atoms with Crippen LogP contribution >= 0.6 is 0 Å². The summed E-state index contributed by atoms with van der Waals surface area (Å²) in [7, 11) is 0. The lowest BCUT2D eigenvalue weighted by Crippen LogP contribution is -2.30. The van der Waals surface area contributed by atoms with Gasteiger partial charge in [-0.3, -0.25) is 9.59 Å². The van der Waals surface area contributed by atoms with Gasteiger partial charge in [-0.1, -0.05) is 0 Å². The van der Waals surface area contributed by atoms with Gasteiger partial charge in [0.15, 0.2) is 0 Å². The fourth-order valence-corrected chi connectivity index (χ4v) is 2.76. The monoisotopic (exact) mass is 303 g/mol. The van der Waals surface area contributed by atoms with E-state index in [1.165, 1.54) is 0 Å². The highest BCUT2D eigenvalue weighted by molar-refractivity contribution is 5.95. The molecule has 120 valence electrons. The molecule has 2 amide bonds. The third-order valence-corrected chi connectivity index (χ3v) is 4.06. The summed E-state index contributed by atoms with van der Waals surface area (Å²) >= 11 is 0. The highest BCUT2D eigenvalue weighted by Gasteiger charge is 2.18. The van der Waals surface area contributed by atoms with Crippen molar-refractivity contribution in [3.8, 4) is 0 Å². The molecule has 1 unspecified atom stereocenters. The molecule has 1 aromatic rings. The highest BCUT2D eigenvalue weighted by Crippen LogP contribution is 2.14. The van der Waals surface area contributed by atoms with Crippen LogP contribution in [0.4, 0.5) is 5.69 Å². The zero-order valence-corrected chi connectivity index (χ0v) is 13.4. The molecule has 1 heterocycles. The second-order valence-electron chi connectivity index (χ2n) is 5.60. The first-order valence-corrected chi connectivity index (χ1v) is 8.06. The first-order chi connectivity index (χ1) is 10.6. The number of nitrogens with one attached hydrogen (secondary N) is 2. The molecule has 1 aliphatic rings. The predicted molar refractivity (Wildman–Crippen MR) is 88.0 cm³/mol. The topological polar surface area (TPSA) is 61.4 Å². The first kappa shape index (κ1) is 16.5. The Morgan fingerprint density at radius 3 is 2.45 bits per heavy atom. The maximum Gasteiger partial charge on any atom is 0.253 e. The number of carbonyl (C=O) groups is 2. The van der Waals surface area contributed by atoms with Crippen LogP contribution in [0, 0.1) is 0 Å². The molecule has 1 saturated heterocycles. The second kappa shape index (κ2) is 7.94. The summed E-state index contributed by atoms with van der Waals surface area (Å²) in [5.74, 6) is 0.0419. The van der Waals surface area contributed by atoms with E-state index in [4.69, 9.17) is 0 Å². The van der Waals surface area contributed by atoms with E-state index >= 15 is 0 Å². The van der Waals surface area contributed by atoms with E-state index in [0.717, 1.165) is 25.1 Å². The fraction of sp³-hybridized carbons (Fsp3) is 0.529. The number of carbonyl (C=O) groups excluding carboxylic acids is 2. The summed E-state index contributed by atoms with van der Waals surface area (Å²) in [6, 6.07) is 7.41. The Morgan fingerprint density at radius 2 is 1.91 bits per heavy atom. The molecule has 1 atom stereocenters. The van der Waals surface area contributed by atoms with Crippen LogP contribution in [0.15, 0.2) is 24.3 Å². The van der Waals surface area contributed by atoms with Crippen molar-refractivity contribution < 1.29 is 9.59 Å². The maximum absolute atomic E-state index is 12.2. The molecule has 1 aliphatic heterocycles. The Morgan fingerprint density at radius 1 is 1.23 bits per heavy atom. The SMILES string of the molecule is CCN(CC)C(=O)c1ccc(NC(=O)CC2CCCN2)cc1. The largest absolute Gasteiger partial charge is 0.339 e. The third-order valence-electron chi connectivity index (χ3n) is 4.06. The van der Waals surface area contributed by atoms with E-state index in [2.05, 4.69) is 10.6 Å². The standard InChI is InChI=1S/C17H25N3O2/c1-3-20(4-2)17(22)13-7-9-14(10-8-13)19-16(21)12-15-6-5-11-18-15/h7-10,15,18H,3-6,11-12H2,1-2H3,(H,19,21). The van der Waals surface area contributed by atoms with E-state index in [0.29, 0.717) is 31.1 Å². The molecule has 2 rings (SSSR count). The quantitative estimate of drug-likeness (QED) is 0.847. The minimum absolute atomic E-state index is 0.0159.